The van der Waals surface area contributed by atoms with Gasteiger partial charge in [0.25, 0.3) is 0 Å². The molecule has 8 heteroatoms. The van der Waals surface area contributed by atoms with E-state index in [9.17, 15) is 9.59 Å². The fourth-order valence-corrected chi connectivity index (χ4v) is 3.32. The minimum atomic E-state index is -0.689. The maximum atomic E-state index is 12.7. The van der Waals surface area contributed by atoms with Gasteiger partial charge in [-0.05, 0) is 60.9 Å². The van der Waals surface area contributed by atoms with E-state index in [1.165, 1.54) is 0 Å². The van der Waals surface area contributed by atoms with Gasteiger partial charge in [-0.2, -0.15) is 0 Å². The predicted molar refractivity (Wildman–Crippen MR) is 113 cm³/mol. The Kier molecular flexibility index (Phi) is 6.66. The molecule has 160 valence electrons. The van der Waals surface area contributed by atoms with Crippen molar-refractivity contribution in [2.75, 3.05) is 33.2 Å². The number of amides is 3. The average Bonchev–Trinajstić information content (AvgIpc) is 2.77. The van der Waals surface area contributed by atoms with Crippen LogP contribution < -0.4 is 24.8 Å². The number of ether oxygens (including phenoxy) is 3. The van der Waals surface area contributed by atoms with Gasteiger partial charge in [-0.15, -0.1) is 0 Å². The van der Waals surface area contributed by atoms with Gasteiger partial charge in [0.1, 0.15) is 11.8 Å². The number of benzene rings is 2. The zero-order valence-corrected chi connectivity index (χ0v) is 17.7. The summed E-state index contributed by atoms with van der Waals surface area (Å²) in [6.07, 6.45) is 0.704. The molecule has 2 aromatic carbocycles. The number of methoxy groups -OCH3 is 3. The zero-order chi connectivity index (χ0) is 21.7. The van der Waals surface area contributed by atoms with Gasteiger partial charge < -0.3 is 29.7 Å². The van der Waals surface area contributed by atoms with E-state index < -0.39 is 6.04 Å². The van der Waals surface area contributed by atoms with Gasteiger partial charge in [-0.1, -0.05) is 0 Å². The van der Waals surface area contributed by atoms with Gasteiger partial charge in [0.2, 0.25) is 5.91 Å². The van der Waals surface area contributed by atoms with E-state index in [0.29, 0.717) is 42.4 Å². The van der Waals surface area contributed by atoms with E-state index in [0.717, 1.165) is 11.1 Å². The summed E-state index contributed by atoms with van der Waals surface area (Å²) in [6, 6.07) is 9.88. The zero-order valence-electron chi connectivity index (χ0n) is 17.7. The first-order chi connectivity index (χ1) is 14.4. The minimum Gasteiger partial charge on any atom is -0.497 e. The lowest BCUT2D eigenvalue weighted by Crippen LogP contribution is -2.49. The summed E-state index contributed by atoms with van der Waals surface area (Å²) in [6.45, 7) is 2.65. The summed E-state index contributed by atoms with van der Waals surface area (Å²) in [7, 11) is 4.77. The van der Waals surface area contributed by atoms with Crippen molar-refractivity contribution in [2.45, 2.75) is 25.9 Å². The van der Waals surface area contributed by atoms with Gasteiger partial charge in [-0.3, -0.25) is 4.79 Å². The Morgan fingerprint density at radius 1 is 0.967 bits per heavy atom. The van der Waals surface area contributed by atoms with Gasteiger partial charge in [-0.25, -0.2) is 4.79 Å². The topological polar surface area (TPSA) is 89.1 Å². The molecule has 0 saturated carbocycles. The summed E-state index contributed by atoms with van der Waals surface area (Å²) in [5.74, 6) is 1.72. The van der Waals surface area contributed by atoms with Crippen LogP contribution in [0.4, 0.5) is 10.5 Å². The number of rotatable bonds is 6. The van der Waals surface area contributed by atoms with Crippen molar-refractivity contribution >= 4 is 17.6 Å². The largest absolute Gasteiger partial charge is 0.497 e. The highest BCUT2D eigenvalue weighted by molar-refractivity contribution is 5.96. The lowest BCUT2D eigenvalue weighted by atomic mass is 9.99. The number of carbonyl (C=O) groups is 2. The van der Waals surface area contributed by atoms with Crippen LogP contribution in [0, 0.1) is 0 Å². The number of urea groups is 1. The molecule has 8 nitrogen and oxygen atoms in total. The van der Waals surface area contributed by atoms with E-state index in [-0.39, 0.29) is 11.9 Å². The molecular formula is C22H27N3O5. The molecule has 2 N–H and O–H groups in total. The van der Waals surface area contributed by atoms with E-state index in [4.69, 9.17) is 14.2 Å². The molecule has 1 aliphatic heterocycles. The van der Waals surface area contributed by atoms with Crippen molar-refractivity contribution in [3.05, 3.63) is 47.5 Å². The summed E-state index contributed by atoms with van der Waals surface area (Å²) in [5, 5.41) is 5.55. The smallest absolute Gasteiger partial charge is 0.318 e. The van der Waals surface area contributed by atoms with E-state index in [2.05, 4.69) is 10.6 Å². The van der Waals surface area contributed by atoms with Gasteiger partial charge in [0.05, 0.1) is 21.3 Å². The lowest BCUT2D eigenvalue weighted by molar-refractivity contribution is -0.117. The molecule has 2 aromatic rings. The third kappa shape index (κ3) is 4.76. The standard InChI is InChI=1S/C22H27N3O5/c1-14(21(26)24-17-5-7-18(28-2)8-6-17)23-22(27)25-10-9-15-11-19(29-3)20(30-4)12-16(15)13-25/h5-8,11-12,14H,9-10,13H2,1-4H3,(H,23,27)(H,24,26). The minimum absolute atomic E-state index is 0.284. The predicted octanol–water partition coefficient (Wildman–Crippen LogP) is 2.81. The molecule has 0 aromatic heterocycles. The van der Waals surface area contributed by atoms with Crippen molar-refractivity contribution in [1.29, 1.82) is 0 Å². The van der Waals surface area contributed by atoms with Crippen molar-refractivity contribution in [3.8, 4) is 17.2 Å². The molecule has 0 spiro atoms. The number of carbonyl (C=O) groups excluding carboxylic acids is 2. The fraction of sp³-hybridized carbons (Fsp3) is 0.364. The second-order valence-electron chi connectivity index (χ2n) is 7.04. The number of nitrogens with zero attached hydrogens (tertiary/aromatic N) is 1. The van der Waals surface area contributed by atoms with Crippen LogP contribution in [0.15, 0.2) is 36.4 Å². The Hall–Kier alpha value is -3.42. The molecular weight excluding hydrogens is 386 g/mol. The number of hydrogen-bond donors (Lipinski definition) is 2. The SMILES string of the molecule is COc1ccc(NC(=O)C(C)NC(=O)N2CCc3cc(OC)c(OC)cc3C2)cc1. The number of hydrogen-bond acceptors (Lipinski definition) is 5. The van der Waals surface area contributed by atoms with Crippen LogP contribution in [0.25, 0.3) is 0 Å². The summed E-state index contributed by atoms with van der Waals surface area (Å²) < 4.78 is 15.8. The highest BCUT2D eigenvalue weighted by Crippen LogP contribution is 2.33. The summed E-state index contributed by atoms with van der Waals surface area (Å²) in [5.41, 5.74) is 2.77. The van der Waals surface area contributed by atoms with Gasteiger partial charge >= 0.3 is 6.03 Å². The molecule has 3 rings (SSSR count). The van der Waals surface area contributed by atoms with Crippen LogP contribution in [-0.4, -0.2) is 50.8 Å². The summed E-state index contributed by atoms with van der Waals surface area (Å²) >= 11 is 0. The first-order valence-corrected chi connectivity index (χ1v) is 9.69. The van der Waals surface area contributed by atoms with E-state index in [1.807, 2.05) is 12.1 Å². The first kappa shape index (κ1) is 21.3. The van der Waals surface area contributed by atoms with Crippen molar-refractivity contribution in [3.63, 3.8) is 0 Å². The maximum absolute atomic E-state index is 12.7. The van der Waals surface area contributed by atoms with Crippen LogP contribution in [-0.2, 0) is 17.8 Å². The van der Waals surface area contributed by atoms with E-state index >= 15 is 0 Å². The first-order valence-electron chi connectivity index (χ1n) is 9.69. The van der Waals surface area contributed by atoms with Crippen molar-refractivity contribution in [2.24, 2.45) is 0 Å². The Morgan fingerprint density at radius 2 is 1.60 bits per heavy atom. The highest BCUT2D eigenvalue weighted by Gasteiger charge is 2.25. The third-order valence-corrected chi connectivity index (χ3v) is 5.10. The molecule has 1 heterocycles. The molecule has 30 heavy (non-hydrogen) atoms. The summed E-state index contributed by atoms with van der Waals surface area (Å²) in [4.78, 5) is 26.8. The molecule has 0 bridgehead atoms. The van der Waals surface area contributed by atoms with Gasteiger partial charge in [0.15, 0.2) is 11.5 Å². The quantitative estimate of drug-likeness (QED) is 0.760. The van der Waals surface area contributed by atoms with Crippen molar-refractivity contribution < 1.29 is 23.8 Å². The average molecular weight is 413 g/mol. The molecule has 1 aliphatic rings. The molecule has 1 atom stereocenters. The molecule has 0 saturated heterocycles. The van der Waals surface area contributed by atoms with Crippen molar-refractivity contribution in [1.82, 2.24) is 10.2 Å². The van der Waals surface area contributed by atoms with Crippen LogP contribution in [0.2, 0.25) is 0 Å². The maximum Gasteiger partial charge on any atom is 0.318 e. The second-order valence-corrected chi connectivity index (χ2v) is 7.04. The monoisotopic (exact) mass is 413 g/mol. The molecule has 0 aliphatic carbocycles. The Bertz CT molecular complexity index is 914. The third-order valence-electron chi connectivity index (χ3n) is 5.10. The molecule has 0 radical (unpaired) electrons. The number of anilines is 1. The Morgan fingerprint density at radius 3 is 2.20 bits per heavy atom. The van der Waals surface area contributed by atoms with Crippen LogP contribution >= 0.6 is 0 Å². The van der Waals surface area contributed by atoms with Crippen LogP contribution in [0.3, 0.4) is 0 Å². The Balaban J connectivity index is 1.59. The molecule has 1 unspecified atom stereocenters. The van der Waals surface area contributed by atoms with Crippen LogP contribution in [0.5, 0.6) is 17.2 Å². The Labute approximate surface area is 176 Å². The highest BCUT2D eigenvalue weighted by atomic mass is 16.5. The second kappa shape index (κ2) is 9.39. The number of fused-ring (bicyclic) bond motifs is 1. The fourth-order valence-electron chi connectivity index (χ4n) is 3.32. The number of nitrogens with one attached hydrogen (secondary N) is 2. The molecule has 0 fully saturated rings. The normalized spacial score (nSPS) is 13.7. The lowest BCUT2D eigenvalue weighted by Gasteiger charge is -2.30. The van der Waals surface area contributed by atoms with Gasteiger partial charge in [0, 0.05) is 18.8 Å². The molecule has 3 amide bonds. The van der Waals surface area contributed by atoms with Crippen LogP contribution in [0.1, 0.15) is 18.1 Å². The van der Waals surface area contributed by atoms with E-state index in [1.54, 1.807) is 57.4 Å².